The molecular formula is C13H28N2. The second-order valence-electron chi connectivity index (χ2n) is 5.72. The van der Waals surface area contributed by atoms with Crippen LogP contribution in [0, 0.1) is 5.92 Å². The van der Waals surface area contributed by atoms with E-state index in [9.17, 15) is 0 Å². The van der Waals surface area contributed by atoms with Crippen molar-refractivity contribution in [3.8, 4) is 0 Å². The van der Waals surface area contributed by atoms with Gasteiger partial charge in [-0.2, -0.15) is 0 Å². The second-order valence-corrected chi connectivity index (χ2v) is 5.72. The fourth-order valence-electron chi connectivity index (χ4n) is 2.54. The summed E-state index contributed by atoms with van der Waals surface area (Å²) in [5, 5.41) is 0. The molecule has 0 bridgehead atoms. The maximum atomic E-state index is 2.62. The highest BCUT2D eigenvalue weighted by Gasteiger charge is 2.24. The SMILES string of the molecule is CC(C)CN(C)[C@H]1CCCN(C(C)C)C1. The average Bonchev–Trinajstić information content (AvgIpc) is 2.17. The molecule has 1 saturated heterocycles. The number of hydrogen-bond acceptors (Lipinski definition) is 2. The van der Waals surface area contributed by atoms with E-state index < -0.39 is 0 Å². The molecule has 1 rings (SSSR count). The van der Waals surface area contributed by atoms with Gasteiger partial charge in [0.1, 0.15) is 0 Å². The molecule has 0 spiro atoms. The van der Waals surface area contributed by atoms with Crippen LogP contribution in [-0.4, -0.2) is 48.6 Å². The van der Waals surface area contributed by atoms with E-state index in [4.69, 9.17) is 0 Å². The van der Waals surface area contributed by atoms with Gasteiger partial charge in [-0.05, 0) is 46.2 Å². The molecule has 2 nitrogen and oxygen atoms in total. The smallest absolute Gasteiger partial charge is 0.0220 e. The molecular weight excluding hydrogens is 184 g/mol. The van der Waals surface area contributed by atoms with E-state index in [1.54, 1.807) is 0 Å². The Balaban J connectivity index is 2.41. The minimum atomic E-state index is 0.709. The van der Waals surface area contributed by atoms with Crippen molar-refractivity contribution in [2.24, 2.45) is 5.92 Å². The van der Waals surface area contributed by atoms with Crippen molar-refractivity contribution in [1.82, 2.24) is 9.80 Å². The van der Waals surface area contributed by atoms with E-state index in [-0.39, 0.29) is 0 Å². The zero-order valence-electron chi connectivity index (χ0n) is 11.2. The van der Waals surface area contributed by atoms with Crippen molar-refractivity contribution in [2.45, 2.75) is 52.6 Å². The quantitative estimate of drug-likeness (QED) is 0.706. The van der Waals surface area contributed by atoms with Crippen LogP contribution in [0.3, 0.4) is 0 Å². The summed E-state index contributed by atoms with van der Waals surface area (Å²) in [5.74, 6) is 0.782. The first kappa shape index (κ1) is 13.0. The van der Waals surface area contributed by atoms with Crippen molar-refractivity contribution >= 4 is 0 Å². The van der Waals surface area contributed by atoms with Crippen LogP contribution >= 0.6 is 0 Å². The fraction of sp³-hybridized carbons (Fsp3) is 1.00. The molecule has 2 heteroatoms. The Morgan fingerprint density at radius 1 is 1.27 bits per heavy atom. The number of piperidine rings is 1. The van der Waals surface area contributed by atoms with E-state index in [0.717, 1.165) is 12.0 Å². The van der Waals surface area contributed by atoms with Crippen LogP contribution in [0.15, 0.2) is 0 Å². The summed E-state index contributed by atoms with van der Waals surface area (Å²) in [5.41, 5.74) is 0. The summed E-state index contributed by atoms with van der Waals surface area (Å²) >= 11 is 0. The molecule has 0 aromatic heterocycles. The summed E-state index contributed by atoms with van der Waals surface area (Å²) in [6.07, 6.45) is 2.75. The normalized spacial score (nSPS) is 24.4. The van der Waals surface area contributed by atoms with Gasteiger partial charge < -0.3 is 4.90 Å². The summed E-state index contributed by atoms with van der Waals surface area (Å²) in [4.78, 5) is 5.17. The third-order valence-corrected chi connectivity index (χ3v) is 3.43. The number of nitrogens with zero attached hydrogens (tertiary/aromatic N) is 2. The van der Waals surface area contributed by atoms with E-state index in [2.05, 4.69) is 44.5 Å². The molecule has 1 aliphatic heterocycles. The molecule has 1 aliphatic rings. The maximum absolute atomic E-state index is 2.62. The highest BCUT2D eigenvalue weighted by atomic mass is 15.2. The summed E-state index contributed by atoms with van der Waals surface area (Å²) < 4.78 is 0. The zero-order valence-corrected chi connectivity index (χ0v) is 11.2. The predicted molar refractivity (Wildman–Crippen MR) is 67.2 cm³/mol. The van der Waals surface area contributed by atoms with Crippen molar-refractivity contribution in [1.29, 1.82) is 0 Å². The highest BCUT2D eigenvalue weighted by molar-refractivity contribution is 4.81. The minimum absolute atomic E-state index is 0.709. The molecule has 0 aromatic rings. The lowest BCUT2D eigenvalue weighted by molar-refractivity contribution is 0.0889. The van der Waals surface area contributed by atoms with Gasteiger partial charge in [-0.15, -0.1) is 0 Å². The van der Waals surface area contributed by atoms with Crippen LogP contribution in [0.4, 0.5) is 0 Å². The van der Waals surface area contributed by atoms with Gasteiger partial charge in [0.25, 0.3) is 0 Å². The van der Waals surface area contributed by atoms with Crippen molar-refractivity contribution in [3.05, 3.63) is 0 Å². The largest absolute Gasteiger partial charge is 0.302 e. The van der Waals surface area contributed by atoms with Gasteiger partial charge >= 0.3 is 0 Å². The zero-order chi connectivity index (χ0) is 11.4. The first-order chi connectivity index (χ1) is 7.00. The first-order valence-electron chi connectivity index (χ1n) is 6.45. The van der Waals surface area contributed by atoms with E-state index in [0.29, 0.717) is 6.04 Å². The molecule has 1 heterocycles. The first-order valence-corrected chi connectivity index (χ1v) is 6.45. The van der Waals surface area contributed by atoms with Gasteiger partial charge in [0.05, 0.1) is 0 Å². The lowest BCUT2D eigenvalue weighted by Crippen LogP contribution is -2.49. The standard InChI is InChI=1S/C13H28N2/c1-11(2)9-14(5)13-7-6-8-15(10-13)12(3)4/h11-13H,6-10H2,1-5H3/t13-/m0/s1. The van der Waals surface area contributed by atoms with Crippen molar-refractivity contribution in [3.63, 3.8) is 0 Å². The molecule has 15 heavy (non-hydrogen) atoms. The van der Waals surface area contributed by atoms with Crippen LogP contribution in [0.2, 0.25) is 0 Å². The summed E-state index contributed by atoms with van der Waals surface area (Å²) in [6.45, 7) is 13.0. The Labute approximate surface area is 95.6 Å². The number of likely N-dealkylation sites (N-methyl/N-ethyl adjacent to an activating group) is 1. The van der Waals surface area contributed by atoms with Gasteiger partial charge in [-0.3, -0.25) is 4.90 Å². The maximum Gasteiger partial charge on any atom is 0.0220 e. The van der Waals surface area contributed by atoms with Crippen LogP contribution in [0.25, 0.3) is 0 Å². The van der Waals surface area contributed by atoms with Gasteiger partial charge in [-0.1, -0.05) is 13.8 Å². The Morgan fingerprint density at radius 2 is 1.93 bits per heavy atom. The van der Waals surface area contributed by atoms with E-state index >= 15 is 0 Å². The van der Waals surface area contributed by atoms with Crippen molar-refractivity contribution < 1.29 is 0 Å². The minimum Gasteiger partial charge on any atom is -0.302 e. The Morgan fingerprint density at radius 3 is 2.47 bits per heavy atom. The lowest BCUT2D eigenvalue weighted by Gasteiger charge is -2.40. The van der Waals surface area contributed by atoms with Gasteiger partial charge in [0.15, 0.2) is 0 Å². The van der Waals surface area contributed by atoms with Crippen LogP contribution in [0.5, 0.6) is 0 Å². The number of rotatable bonds is 4. The third-order valence-electron chi connectivity index (χ3n) is 3.43. The van der Waals surface area contributed by atoms with Gasteiger partial charge in [0, 0.05) is 25.2 Å². The molecule has 0 aliphatic carbocycles. The van der Waals surface area contributed by atoms with Gasteiger partial charge in [-0.25, -0.2) is 0 Å². The Bertz CT molecular complexity index is 177. The van der Waals surface area contributed by atoms with Crippen molar-refractivity contribution in [2.75, 3.05) is 26.7 Å². The number of likely N-dealkylation sites (tertiary alicyclic amines) is 1. The predicted octanol–water partition coefficient (Wildman–Crippen LogP) is 2.45. The fourth-order valence-corrected chi connectivity index (χ4v) is 2.54. The van der Waals surface area contributed by atoms with Crippen LogP contribution < -0.4 is 0 Å². The summed E-state index contributed by atoms with van der Waals surface area (Å²) in [6, 6.07) is 1.49. The molecule has 0 radical (unpaired) electrons. The molecule has 0 saturated carbocycles. The monoisotopic (exact) mass is 212 g/mol. The lowest BCUT2D eigenvalue weighted by atomic mass is 10.0. The van der Waals surface area contributed by atoms with Crippen LogP contribution in [0.1, 0.15) is 40.5 Å². The molecule has 0 amide bonds. The van der Waals surface area contributed by atoms with Crippen LogP contribution in [-0.2, 0) is 0 Å². The third kappa shape index (κ3) is 4.12. The molecule has 1 fully saturated rings. The molecule has 90 valence electrons. The van der Waals surface area contributed by atoms with Gasteiger partial charge in [0.2, 0.25) is 0 Å². The second kappa shape index (κ2) is 5.86. The average molecular weight is 212 g/mol. The van der Waals surface area contributed by atoms with E-state index in [1.165, 1.54) is 32.5 Å². The molecule has 1 atom stereocenters. The molecule has 0 N–H and O–H groups in total. The van der Waals surface area contributed by atoms with E-state index in [1.807, 2.05) is 0 Å². The summed E-state index contributed by atoms with van der Waals surface area (Å²) in [7, 11) is 2.29. The Kier molecular flexibility index (Phi) is 5.07. The topological polar surface area (TPSA) is 6.48 Å². The molecule has 0 aromatic carbocycles. The number of hydrogen-bond donors (Lipinski definition) is 0. The highest BCUT2D eigenvalue weighted by Crippen LogP contribution is 2.17. The molecule has 0 unspecified atom stereocenters. The Hall–Kier alpha value is -0.0800.